The smallest absolute Gasteiger partial charge is 0.253 e. The maximum atomic E-state index is 10.9. The van der Waals surface area contributed by atoms with Crippen molar-refractivity contribution in [2.75, 3.05) is 6.61 Å². The van der Waals surface area contributed by atoms with Crippen LogP contribution in [0.25, 0.3) is 0 Å². The Morgan fingerprint density at radius 3 is 1.70 bits per heavy atom. The average Bonchev–Trinajstić information content (AvgIpc) is 2.44. The van der Waals surface area contributed by atoms with Crippen LogP contribution in [-0.4, -0.2) is 11.5 Å². The summed E-state index contributed by atoms with van der Waals surface area (Å²) in [5.74, 6) is 2.90. The highest BCUT2D eigenvalue weighted by molar-refractivity contribution is 7.47. The minimum absolute atomic E-state index is 0.265. The van der Waals surface area contributed by atoms with Gasteiger partial charge in [0.25, 0.3) is 0 Å². The van der Waals surface area contributed by atoms with Crippen molar-refractivity contribution in [3.8, 4) is 0 Å². The van der Waals surface area contributed by atoms with Gasteiger partial charge >= 0.3 is 7.82 Å². The standard InChI is InChI=1S/C14H32NO4P/c1-2-3-4-5-6-7-8-9-10-11-12-13-14-18-20(16,17)19-15/h2-14H2,1,15H3/q+1/p+1. The summed E-state index contributed by atoms with van der Waals surface area (Å²) in [5, 5.41) is 0. The van der Waals surface area contributed by atoms with Crippen molar-refractivity contribution >= 4 is 7.82 Å². The molecule has 0 bridgehead atoms. The predicted molar refractivity (Wildman–Crippen MR) is 80.8 cm³/mol. The third-order valence-electron chi connectivity index (χ3n) is 3.42. The molecule has 0 aromatic carbocycles. The molecule has 0 fully saturated rings. The Morgan fingerprint density at radius 2 is 1.30 bits per heavy atom. The van der Waals surface area contributed by atoms with Crippen molar-refractivity contribution in [1.29, 1.82) is 0 Å². The summed E-state index contributed by atoms with van der Waals surface area (Å²) in [7, 11) is -3.87. The van der Waals surface area contributed by atoms with Gasteiger partial charge in [-0.15, -0.1) is 0 Å². The van der Waals surface area contributed by atoms with Gasteiger partial charge in [-0.2, -0.15) is 10.5 Å². The third kappa shape index (κ3) is 14.5. The van der Waals surface area contributed by atoms with E-state index in [1.807, 2.05) is 0 Å². The summed E-state index contributed by atoms with van der Waals surface area (Å²) >= 11 is 0. The number of phosphoric ester groups is 1. The zero-order valence-corrected chi connectivity index (χ0v) is 13.9. The number of hydrogen-bond acceptors (Lipinski definition) is 3. The SMILES string of the molecule is CCCCCCCCCCCCCC[O+]P(=O)(O)O[NH3+]. The van der Waals surface area contributed by atoms with Crippen LogP contribution >= 0.6 is 7.82 Å². The van der Waals surface area contributed by atoms with E-state index in [4.69, 9.17) is 9.42 Å². The molecular formula is C14H33NO4P+2. The molecule has 0 rings (SSSR count). The fourth-order valence-electron chi connectivity index (χ4n) is 2.16. The molecule has 1 atom stereocenters. The highest BCUT2D eigenvalue weighted by atomic mass is 31.2. The number of rotatable bonds is 15. The summed E-state index contributed by atoms with van der Waals surface area (Å²) in [5.41, 5.74) is 0. The summed E-state index contributed by atoms with van der Waals surface area (Å²) in [4.78, 5) is 8.95. The van der Waals surface area contributed by atoms with Crippen LogP contribution in [0.2, 0.25) is 0 Å². The molecule has 0 aliphatic heterocycles. The molecule has 0 saturated heterocycles. The number of quaternary nitrogens is 1. The van der Waals surface area contributed by atoms with Gasteiger partial charge in [0.1, 0.15) is 0 Å². The zero-order chi connectivity index (χ0) is 15.1. The number of hydrogen-bond donors (Lipinski definition) is 2. The van der Waals surface area contributed by atoms with E-state index in [9.17, 15) is 4.57 Å². The first-order valence-electron chi connectivity index (χ1n) is 8.03. The Hall–Kier alpha value is 0.0700. The molecule has 0 aliphatic rings. The second-order valence-corrected chi connectivity index (χ2v) is 6.77. The molecule has 0 spiro atoms. The molecule has 121 valence electrons. The summed E-state index contributed by atoms with van der Waals surface area (Å²) in [6.45, 7) is 2.51. The third-order valence-corrected chi connectivity index (χ3v) is 4.25. The van der Waals surface area contributed by atoms with Crippen LogP contribution in [-0.2, 0) is 13.7 Å². The summed E-state index contributed by atoms with van der Waals surface area (Å²) in [6.07, 6.45) is 15.1. The lowest BCUT2D eigenvalue weighted by molar-refractivity contribution is -0.643. The molecule has 4 N–H and O–H groups in total. The Morgan fingerprint density at radius 1 is 0.900 bits per heavy atom. The predicted octanol–water partition coefficient (Wildman–Crippen LogP) is 3.98. The maximum absolute atomic E-state index is 10.9. The minimum Gasteiger partial charge on any atom is -0.253 e. The first-order valence-corrected chi connectivity index (χ1v) is 9.53. The maximum Gasteiger partial charge on any atom is 0.754 e. The largest absolute Gasteiger partial charge is 0.754 e. The van der Waals surface area contributed by atoms with E-state index >= 15 is 0 Å². The molecule has 1 unspecified atom stereocenters. The molecule has 0 aromatic rings. The van der Waals surface area contributed by atoms with Gasteiger partial charge in [-0.3, -0.25) is 4.89 Å². The quantitative estimate of drug-likeness (QED) is 0.207. The lowest BCUT2D eigenvalue weighted by Gasteiger charge is -2.01. The molecule has 0 aliphatic carbocycles. The molecule has 0 saturated carbocycles. The molecule has 1 radical (unpaired) electrons. The van der Waals surface area contributed by atoms with Crippen LogP contribution in [0.5, 0.6) is 0 Å². The van der Waals surface area contributed by atoms with Gasteiger partial charge in [-0.25, -0.2) is 0 Å². The molecule has 0 heterocycles. The Balaban J connectivity index is 3.08. The van der Waals surface area contributed by atoms with E-state index in [2.05, 4.69) is 17.4 Å². The second kappa shape index (κ2) is 14.0. The van der Waals surface area contributed by atoms with Crippen molar-refractivity contribution < 1.29 is 24.5 Å². The van der Waals surface area contributed by atoms with Gasteiger partial charge in [0.15, 0.2) is 0 Å². The molecular weight excluding hydrogens is 277 g/mol. The van der Waals surface area contributed by atoms with E-state index in [0.29, 0.717) is 0 Å². The van der Waals surface area contributed by atoms with Gasteiger partial charge in [-0.1, -0.05) is 75.7 Å². The fourth-order valence-corrected chi connectivity index (χ4v) is 2.59. The Labute approximate surface area is 123 Å². The van der Waals surface area contributed by atoms with Crippen LogP contribution in [0, 0.1) is 0 Å². The lowest BCUT2D eigenvalue weighted by Crippen LogP contribution is -2.47. The van der Waals surface area contributed by atoms with Gasteiger partial charge in [0.2, 0.25) is 6.61 Å². The topological polar surface area (TPSA) is 85.5 Å². The first-order chi connectivity index (χ1) is 9.62. The molecule has 6 heteroatoms. The minimum atomic E-state index is -3.87. The fraction of sp³-hybridized carbons (Fsp3) is 1.00. The van der Waals surface area contributed by atoms with Crippen molar-refractivity contribution in [2.45, 2.75) is 84.0 Å². The summed E-state index contributed by atoms with van der Waals surface area (Å²) < 4.78 is 19.7. The Kier molecular flexibility index (Phi) is 14.1. The first kappa shape index (κ1) is 20.1. The molecule has 5 nitrogen and oxygen atoms in total. The van der Waals surface area contributed by atoms with Crippen LogP contribution in [0.4, 0.5) is 0 Å². The Bertz CT molecular complexity index is 251. The van der Waals surface area contributed by atoms with E-state index in [0.717, 1.165) is 12.8 Å². The van der Waals surface area contributed by atoms with Crippen molar-refractivity contribution in [1.82, 2.24) is 0 Å². The monoisotopic (exact) mass is 310 g/mol. The van der Waals surface area contributed by atoms with Crippen LogP contribution in [0.3, 0.4) is 0 Å². The lowest BCUT2D eigenvalue weighted by atomic mass is 10.1. The van der Waals surface area contributed by atoms with Crippen molar-refractivity contribution in [2.24, 2.45) is 0 Å². The number of unbranched alkanes of at least 4 members (excludes halogenated alkanes) is 11. The molecule has 20 heavy (non-hydrogen) atoms. The van der Waals surface area contributed by atoms with Crippen LogP contribution in [0.1, 0.15) is 84.0 Å². The van der Waals surface area contributed by atoms with Gasteiger partial charge in [0.05, 0.1) is 0 Å². The number of phosphoric acid groups is 1. The van der Waals surface area contributed by atoms with Gasteiger partial charge in [-0.05, 0) is 11.0 Å². The average molecular weight is 310 g/mol. The normalized spacial score (nSPS) is 14.3. The van der Waals surface area contributed by atoms with E-state index in [-0.39, 0.29) is 6.61 Å². The van der Waals surface area contributed by atoms with Crippen molar-refractivity contribution in [3.05, 3.63) is 0 Å². The van der Waals surface area contributed by atoms with Gasteiger partial charge < -0.3 is 0 Å². The van der Waals surface area contributed by atoms with E-state index < -0.39 is 7.82 Å². The summed E-state index contributed by atoms with van der Waals surface area (Å²) in [6, 6.07) is 0. The zero-order valence-electron chi connectivity index (χ0n) is 13.0. The molecule has 0 amide bonds. The molecule has 0 aromatic heterocycles. The van der Waals surface area contributed by atoms with E-state index in [1.54, 1.807) is 0 Å². The highest BCUT2D eigenvalue weighted by Crippen LogP contribution is 2.40. The second-order valence-electron chi connectivity index (χ2n) is 5.32. The highest BCUT2D eigenvalue weighted by Gasteiger charge is 2.38. The van der Waals surface area contributed by atoms with Crippen LogP contribution < -0.4 is 5.90 Å². The van der Waals surface area contributed by atoms with Crippen molar-refractivity contribution in [3.63, 3.8) is 0 Å². The van der Waals surface area contributed by atoms with Gasteiger partial charge in [0, 0.05) is 6.42 Å². The van der Waals surface area contributed by atoms with E-state index in [1.165, 1.54) is 64.2 Å². The van der Waals surface area contributed by atoms with Crippen LogP contribution in [0.15, 0.2) is 0 Å².